The molecular weight excluding hydrogens is 238 g/mol. The van der Waals surface area contributed by atoms with E-state index >= 15 is 0 Å². The first kappa shape index (κ1) is 14.2. The van der Waals surface area contributed by atoms with Crippen LogP contribution in [0.25, 0.3) is 0 Å². The second kappa shape index (κ2) is 6.75. The standard InChI is InChI=1S/C11H17N3O4/c1-8(2)18-6-10(15)12-3-4-14-5-9(11(16)17)13-7-14/h5,7-8H,3-4,6H2,1-2H3,(H,12,15)(H,16,17). The van der Waals surface area contributed by atoms with Gasteiger partial charge in [-0.1, -0.05) is 0 Å². The van der Waals surface area contributed by atoms with Gasteiger partial charge in [-0.25, -0.2) is 9.78 Å². The molecule has 1 aromatic rings. The number of hydrogen-bond acceptors (Lipinski definition) is 4. The number of rotatable bonds is 7. The first-order valence-electron chi connectivity index (χ1n) is 5.62. The number of aromatic nitrogens is 2. The van der Waals surface area contributed by atoms with Crippen LogP contribution in [-0.4, -0.2) is 45.8 Å². The molecule has 0 atom stereocenters. The summed E-state index contributed by atoms with van der Waals surface area (Å²) in [7, 11) is 0. The van der Waals surface area contributed by atoms with Gasteiger partial charge in [-0.05, 0) is 13.8 Å². The van der Waals surface area contributed by atoms with Crippen molar-refractivity contribution in [1.29, 1.82) is 0 Å². The minimum absolute atomic E-state index is 0.00975. The van der Waals surface area contributed by atoms with Gasteiger partial charge in [0.05, 0.1) is 12.4 Å². The molecule has 0 saturated heterocycles. The Hall–Kier alpha value is -1.89. The molecule has 0 unspecified atom stereocenters. The molecular formula is C11H17N3O4. The molecule has 1 amide bonds. The summed E-state index contributed by atoms with van der Waals surface area (Å²) in [5.74, 6) is -1.26. The third-order valence-electron chi connectivity index (χ3n) is 2.09. The Morgan fingerprint density at radius 1 is 1.56 bits per heavy atom. The van der Waals surface area contributed by atoms with Crippen LogP contribution >= 0.6 is 0 Å². The van der Waals surface area contributed by atoms with Gasteiger partial charge in [-0.2, -0.15) is 0 Å². The van der Waals surface area contributed by atoms with Crippen molar-refractivity contribution in [2.24, 2.45) is 0 Å². The topological polar surface area (TPSA) is 93.5 Å². The van der Waals surface area contributed by atoms with E-state index in [-0.39, 0.29) is 24.3 Å². The zero-order valence-electron chi connectivity index (χ0n) is 10.4. The van der Waals surface area contributed by atoms with E-state index in [0.29, 0.717) is 13.1 Å². The zero-order valence-corrected chi connectivity index (χ0v) is 10.4. The molecule has 2 N–H and O–H groups in total. The van der Waals surface area contributed by atoms with Crippen molar-refractivity contribution in [1.82, 2.24) is 14.9 Å². The van der Waals surface area contributed by atoms with Crippen LogP contribution in [-0.2, 0) is 16.1 Å². The number of aromatic carboxylic acids is 1. The van der Waals surface area contributed by atoms with E-state index in [9.17, 15) is 9.59 Å². The Bertz CT molecular complexity index is 414. The Morgan fingerprint density at radius 3 is 2.83 bits per heavy atom. The molecule has 0 saturated carbocycles. The summed E-state index contributed by atoms with van der Waals surface area (Å²) in [4.78, 5) is 25.6. The van der Waals surface area contributed by atoms with Crippen LogP contribution in [0.5, 0.6) is 0 Å². The van der Waals surface area contributed by atoms with E-state index in [1.165, 1.54) is 12.5 Å². The molecule has 1 rings (SSSR count). The minimum atomic E-state index is -1.07. The fraction of sp³-hybridized carbons (Fsp3) is 0.545. The van der Waals surface area contributed by atoms with E-state index < -0.39 is 5.97 Å². The highest BCUT2D eigenvalue weighted by Gasteiger charge is 2.06. The molecule has 0 aliphatic heterocycles. The molecule has 0 fully saturated rings. The third kappa shape index (κ3) is 4.96. The Morgan fingerprint density at radius 2 is 2.28 bits per heavy atom. The van der Waals surface area contributed by atoms with Crippen LogP contribution in [0.4, 0.5) is 0 Å². The van der Waals surface area contributed by atoms with E-state index in [0.717, 1.165) is 0 Å². The molecule has 18 heavy (non-hydrogen) atoms. The quantitative estimate of drug-likeness (QED) is 0.722. The summed E-state index contributed by atoms with van der Waals surface area (Å²) in [6, 6.07) is 0. The van der Waals surface area contributed by atoms with Crippen molar-refractivity contribution >= 4 is 11.9 Å². The molecule has 0 aliphatic rings. The number of hydrogen-bond donors (Lipinski definition) is 2. The van der Waals surface area contributed by atoms with Gasteiger partial charge >= 0.3 is 5.97 Å². The maximum atomic E-state index is 11.3. The molecule has 1 heterocycles. The lowest BCUT2D eigenvalue weighted by Gasteiger charge is -2.08. The summed E-state index contributed by atoms with van der Waals surface area (Å²) < 4.78 is 6.74. The minimum Gasteiger partial charge on any atom is -0.476 e. The highest BCUT2D eigenvalue weighted by atomic mass is 16.5. The van der Waals surface area contributed by atoms with Gasteiger partial charge in [-0.15, -0.1) is 0 Å². The largest absolute Gasteiger partial charge is 0.476 e. The normalized spacial score (nSPS) is 10.6. The molecule has 0 aromatic carbocycles. The molecule has 7 heteroatoms. The van der Waals surface area contributed by atoms with Gasteiger partial charge in [0.2, 0.25) is 5.91 Å². The predicted octanol–water partition coefficient (Wildman–Crippen LogP) is 0.122. The third-order valence-corrected chi connectivity index (χ3v) is 2.09. The second-order valence-electron chi connectivity index (χ2n) is 4.01. The lowest BCUT2D eigenvalue weighted by Crippen LogP contribution is -2.31. The van der Waals surface area contributed by atoms with Crippen LogP contribution in [0.3, 0.4) is 0 Å². The van der Waals surface area contributed by atoms with Crippen molar-refractivity contribution in [3.05, 3.63) is 18.2 Å². The highest BCUT2D eigenvalue weighted by molar-refractivity contribution is 5.84. The number of imidazole rings is 1. The van der Waals surface area contributed by atoms with Gasteiger partial charge in [0.25, 0.3) is 0 Å². The maximum absolute atomic E-state index is 11.3. The monoisotopic (exact) mass is 255 g/mol. The SMILES string of the molecule is CC(C)OCC(=O)NCCn1cnc(C(=O)O)c1. The molecule has 0 aliphatic carbocycles. The first-order valence-corrected chi connectivity index (χ1v) is 5.62. The maximum Gasteiger partial charge on any atom is 0.356 e. The number of nitrogens with one attached hydrogen (secondary N) is 1. The van der Waals surface area contributed by atoms with Gasteiger partial charge in [0, 0.05) is 19.3 Å². The van der Waals surface area contributed by atoms with Crippen LogP contribution < -0.4 is 5.32 Å². The smallest absolute Gasteiger partial charge is 0.356 e. The Balaban J connectivity index is 2.24. The van der Waals surface area contributed by atoms with E-state index in [2.05, 4.69) is 10.3 Å². The second-order valence-corrected chi connectivity index (χ2v) is 4.01. The molecule has 0 spiro atoms. The van der Waals surface area contributed by atoms with Crippen molar-refractivity contribution < 1.29 is 19.4 Å². The fourth-order valence-corrected chi connectivity index (χ4v) is 1.21. The zero-order chi connectivity index (χ0) is 13.5. The number of carbonyl (C=O) groups is 2. The van der Waals surface area contributed by atoms with Crippen LogP contribution in [0.2, 0.25) is 0 Å². The summed E-state index contributed by atoms with van der Waals surface area (Å²) in [6.45, 7) is 4.60. The molecule has 1 aromatic heterocycles. The van der Waals surface area contributed by atoms with Crippen molar-refractivity contribution in [3.8, 4) is 0 Å². The van der Waals surface area contributed by atoms with Crippen LogP contribution in [0.1, 0.15) is 24.3 Å². The van der Waals surface area contributed by atoms with E-state index in [1.807, 2.05) is 13.8 Å². The average Bonchev–Trinajstić information content (AvgIpc) is 2.75. The predicted molar refractivity (Wildman–Crippen MR) is 63.3 cm³/mol. The fourth-order valence-electron chi connectivity index (χ4n) is 1.21. The van der Waals surface area contributed by atoms with Crippen LogP contribution in [0.15, 0.2) is 12.5 Å². The number of nitrogens with zero attached hydrogens (tertiary/aromatic N) is 2. The van der Waals surface area contributed by atoms with Gasteiger partial charge in [0.15, 0.2) is 5.69 Å². The summed E-state index contributed by atoms with van der Waals surface area (Å²) >= 11 is 0. The van der Waals surface area contributed by atoms with E-state index in [4.69, 9.17) is 9.84 Å². The molecule has 0 bridgehead atoms. The van der Waals surface area contributed by atoms with Crippen molar-refractivity contribution in [2.75, 3.05) is 13.2 Å². The lowest BCUT2D eigenvalue weighted by molar-refractivity contribution is -0.127. The summed E-state index contributed by atoms with van der Waals surface area (Å²) in [5.41, 5.74) is -0.00975. The van der Waals surface area contributed by atoms with Gasteiger partial charge in [0.1, 0.15) is 6.61 Å². The molecule has 7 nitrogen and oxygen atoms in total. The Labute approximate surface area is 105 Å². The van der Waals surface area contributed by atoms with Gasteiger partial charge < -0.3 is 19.7 Å². The first-order chi connectivity index (χ1) is 8.49. The Kier molecular flexibility index (Phi) is 5.31. The molecule has 100 valence electrons. The number of ether oxygens (including phenoxy) is 1. The van der Waals surface area contributed by atoms with E-state index in [1.54, 1.807) is 4.57 Å². The number of amides is 1. The number of carboxylic acid groups (broad SMARTS) is 1. The van der Waals surface area contributed by atoms with Crippen LogP contribution in [0, 0.1) is 0 Å². The average molecular weight is 255 g/mol. The molecule has 0 radical (unpaired) electrons. The van der Waals surface area contributed by atoms with Crippen molar-refractivity contribution in [2.45, 2.75) is 26.5 Å². The summed E-state index contributed by atoms with van der Waals surface area (Å²) in [6.07, 6.45) is 2.85. The van der Waals surface area contributed by atoms with Gasteiger partial charge in [-0.3, -0.25) is 4.79 Å². The number of carbonyl (C=O) groups excluding carboxylic acids is 1. The highest BCUT2D eigenvalue weighted by Crippen LogP contribution is 1.95. The lowest BCUT2D eigenvalue weighted by atomic mass is 10.5. The van der Waals surface area contributed by atoms with Crippen molar-refractivity contribution in [3.63, 3.8) is 0 Å². The number of carboxylic acids is 1. The summed E-state index contributed by atoms with van der Waals surface area (Å²) in [5, 5.41) is 11.3.